The molecular weight excluding hydrogens is 625 g/mol. The van der Waals surface area contributed by atoms with Crippen LogP contribution in [0.5, 0.6) is 0 Å². The standard InChI is InChI=1S/C26H24N.C24H20B/c1-2-3-16-27-17-21-14-12-19-8-4-6-10-23(19)25(21)26-22(18-27)15-13-20-9-5-7-11-24(20)26;1-5-13-21(14-6-1)25(22-15-7-2-8-16-22,23-17-9-3-10-18-23)24-19-11-4-12-20-24/h4-15,17H,2-3,16,18H2,1H3;1-20H/q+1;-1. The van der Waals surface area contributed by atoms with Crippen molar-refractivity contribution >= 4 is 55.8 Å². The fourth-order valence-corrected chi connectivity index (χ4v) is 8.51. The van der Waals surface area contributed by atoms with E-state index in [1.54, 1.807) is 0 Å². The number of hydrogen-bond acceptors (Lipinski definition) is 0. The first-order valence-electron chi connectivity index (χ1n) is 18.8. The Morgan fingerprint density at radius 2 is 0.865 bits per heavy atom. The third kappa shape index (κ3) is 6.26. The molecule has 8 aromatic carbocycles. The summed E-state index contributed by atoms with van der Waals surface area (Å²) < 4.78 is 2.50. The Kier molecular flexibility index (Phi) is 9.63. The van der Waals surface area contributed by atoms with Crippen LogP contribution < -0.4 is 21.9 Å². The molecule has 0 aliphatic carbocycles. The number of hydrogen-bond donors (Lipinski definition) is 0. The summed E-state index contributed by atoms with van der Waals surface area (Å²) in [6.07, 6.45) is 3.61. The van der Waals surface area contributed by atoms with Crippen molar-refractivity contribution in [2.75, 3.05) is 6.54 Å². The minimum absolute atomic E-state index is 0.975. The molecule has 0 amide bonds. The summed E-state index contributed by atoms with van der Waals surface area (Å²) in [5.41, 5.74) is 10.9. The summed E-state index contributed by atoms with van der Waals surface area (Å²) in [5, 5.41) is 5.34. The van der Waals surface area contributed by atoms with Gasteiger partial charge in [0, 0.05) is 28.7 Å². The van der Waals surface area contributed by atoms with Crippen LogP contribution in [-0.4, -0.2) is 23.5 Å². The topological polar surface area (TPSA) is 3.01 Å². The molecule has 0 unspecified atom stereocenters. The van der Waals surface area contributed by atoms with Crippen LogP contribution in [0.2, 0.25) is 0 Å². The summed E-state index contributed by atoms with van der Waals surface area (Å²) in [5.74, 6) is 0. The van der Waals surface area contributed by atoms with Gasteiger partial charge in [0.25, 0.3) is 0 Å². The van der Waals surface area contributed by atoms with E-state index in [2.05, 4.69) is 212 Å². The molecule has 0 atom stereocenters. The predicted octanol–water partition coefficient (Wildman–Crippen LogP) is 9.47. The van der Waals surface area contributed by atoms with E-state index in [-0.39, 0.29) is 0 Å². The van der Waals surface area contributed by atoms with E-state index >= 15 is 0 Å². The van der Waals surface area contributed by atoms with E-state index in [9.17, 15) is 0 Å². The fourth-order valence-electron chi connectivity index (χ4n) is 8.51. The van der Waals surface area contributed by atoms with Gasteiger partial charge in [-0.1, -0.05) is 201 Å². The normalized spacial score (nSPS) is 12.2. The van der Waals surface area contributed by atoms with Gasteiger partial charge in [-0.15, -0.1) is 0 Å². The molecule has 0 bridgehead atoms. The quantitative estimate of drug-likeness (QED) is 0.118. The van der Waals surface area contributed by atoms with Crippen LogP contribution in [0.4, 0.5) is 0 Å². The lowest BCUT2D eigenvalue weighted by molar-refractivity contribution is -0.539. The van der Waals surface area contributed by atoms with Crippen molar-refractivity contribution < 1.29 is 4.58 Å². The number of nitrogens with zero attached hydrogens (tertiary/aromatic N) is 1. The molecule has 8 aromatic rings. The van der Waals surface area contributed by atoms with E-state index in [1.807, 2.05) is 0 Å². The highest BCUT2D eigenvalue weighted by molar-refractivity contribution is 7.19. The molecule has 0 fully saturated rings. The maximum absolute atomic E-state index is 2.50. The number of benzene rings is 8. The molecule has 0 spiro atoms. The molecule has 0 aromatic heterocycles. The van der Waals surface area contributed by atoms with Crippen LogP contribution in [0.25, 0.3) is 32.7 Å². The second kappa shape index (κ2) is 15.1. The third-order valence-corrected chi connectivity index (χ3v) is 10.9. The van der Waals surface area contributed by atoms with E-state index in [0.717, 1.165) is 13.1 Å². The van der Waals surface area contributed by atoms with Crippen molar-refractivity contribution in [2.24, 2.45) is 0 Å². The fraction of sp³-hybridized carbons (Fsp3) is 0.100. The number of fused-ring (bicyclic) bond motifs is 7. The van der Waals surface area contributed by atoms with Crippen molar-refractivity contribution in [1.82, 2.24) is 0 Å². The minimum atomic E-state index is -1.22. The van der Waals surface area contributed by atoms with Gasteiger partial charge >= 0.3 is 0 Å². The van der Waals surface area contributed by atoms with E-state index in [1.165, 1.54) is 78.5 Å². The van der Waals surface area contributed by atoms with Crippen molar-refractivity contribution in [3.05, 3.63) is 205 Å². The first-order chi connectivity index (χ1) is 25.8. The molecule has 252 valence electrons. The highest BCUT2D eigenvalue weighted by atomic mass is 15.0. The van der Waals surface area contributed by atoms with Crippen LogP contribution >= 0.6 is 0 Å². The monoisotopic (exact) mass is 669 g/mol. The Balaban J connectivity index is 0.000000149. The molecule has 0 saturated heterocycles. The smallest absolute Gasteiger partial charge is 0.171 e. The molecule has 52 heavy (non-hydrogen) atoms. The van der Waals surface area contributed by atoms with E-state index in [4.69, 9.17) is 0 Å². The van der Waals surface area contributed by atoms with Gasteiger partial charge in [0.05, 0.1) is 0 Å². The molecule has 0 saturated carbocycles. The van der Waals surface area contributed by atoms with Crippen LogP contribution in [0.1, 0.15) is 30.9 Å². The summed E-state index contributed by atoms with van der Waals surface area (Å²) in [6.45, 7) is 4.35. The Bertz CT molecular complexity index is 2290. The summed E-state index contributed by atoms with van der Waals surface area (Å²) in [6, 6.07) is 70.3. The van der Waals surface area contributed by atoms with Gasteiger partial charge in [0.1, 0.15) is 12.7 Å². The molecule has 1 aliphatic heterocycles. The van der Waals surface area contributed by atoms with Crippen molar-refractivity contribution in [3.8, 4) is 11.1 Å². The lowest BCUT2D eigenvalue weighted by atomic mass is 9.13. The predicted molar refractivity (Wildman–Crippen MR) is 226 cm³/mol. The van der Waals surface area contributed by atoms with Gasteiger partial charge < -0.3 is 0 Å². The number of unbranched alkanes of at least 4 members (excludes halogenated alkanes) is 1. The highest BCUT2D eigenvalue weighted by Crippen LogP contribution is 2.40. The summed E-state index contributed by atoms with van der Waals surface area (Å²) in [7, 11) is 0. The van der Waals surface area contributed by atoms with Gasteiger partial charge in [0.2, 0.25) is 0 Å². The molecule has 1 aliphatic rings. The average molecular weight is 670 g/mol. The Labute approximate surface area is 308 Å². The minimum Gasteiger partial charge on any atom is -0.231 e. The Morgan fingerprint density at radius 1 is 0.442 bits per heavy atom. The first kappa shape index (κ1) is 33.2. The Morgan fingerprint density at radius 3 is 1.35 bits per heavy atom. The van der Waals surface area contributed by atoms with Gasteiger partial charge in [-0.3, -0.25) is 0 Å². The SMILES string of the molecule is CCCC[N+]1=Cc2ccc3ccccc3c2-c2c(ccc3ccccc23)C1.c1ccc([B-](c2ccccc2)(c2ccccc2)c2ccccc2)cc1. The Hall–Kier alpha value is -5.99. The van der Waals surface area contributed by atoms with Gasteiger partial charge in [0.15, 0.2) is 12.8 Å². The van der Waals surface area contributed by atoms with Crippen molar-refractivity contribution in [2.45, 2.75) is 26.3 Å². The molecule has 2 heteroatoms. The zero-order valence-corrected chi connectivity index (χ0v) is 29.9. The second-order valence-corrected chi connectivity index (χ2v) is 14.0. The second-order valence-electron chi connectivity index (χ2n) is 14.0. The van der Waals surface area contributed by atoms with E-state index < -0.39 is 6.15 Å². The summed E-state index contributed by atoms with van der Waals surface area (Å²) >= 11 is 0. The molecule has 0 N–H and O–H groups in total. The average Bonchev–Trinajstić information content (AvgIpc) is 3.39. The lowest BCUT2D eigenvalue weighted by Crippen LogP contribution is -2.74. The molecular formula is C50H44BN. The zero-order valence-electron chi connectivity index (χ0n) is 29.9. The van der Waals surface area contributed by atoms with Crippen LogP contribution in [-0.2, 0) is 6.54 Å². The molecule has 9 rings (SSSR count). The van der Waals surface area contributed by atoms with E-state index in [0.29, 0.717) is 0 Å². The summed E-state index contributed by atoms with van der Waals surface area (Å²) in [4.78, 5) is 0. The van der Waals surface area contributed by atoms with Crippen molar-refractivity contribution in [1.29, 1.82) is 0 Å². The molecule has 1 heterocycles. The van der Waals surface area contributed by atoms with Crippen molar-refractivity contribution in [3.63, 3.8) is 0 Å². The molecule has 0 radical (unpaired) electrons. The molecule has 1 nitrogen and oxygen atoms in total. The van der Waals surface area contributed by atoms with Gasteiger partial charge in [-0.05, 0) is 27.6 Å². The largest absolute Gasteiger partial charge is 0.231 e. The first-order valence-corrected chi connectivity index (χ1v) is 18.8. The third-order valence-electron chi connectivity index (χ3n) is 10.9. The highest BCUT2D eigenvalue weighted by Gasteiger charge is 2.31. The van der Waals surface area contributed by atoms with Gasteiger partial charge in [-0.25, -0.2) is 4.58 Å². The zero-order chi connectivity index (χ0) is 35.2. The maximum Gasteiger partial charge on any atom is 0.171 e. The maximum atomic E-state index is 2.50. The lowest BCUT2D eigenvalue weighted by Gasteiger charge is -2.44. The van der Waals surface area contributed by atoms with Crippen LogP contribution in [0.15, 0.2) is 194 Å². The van der Waals surface area contributed by atoms with Crippen LogP contribution in [0.3, 0.4) is 0 Å². The van der Waals surface area contributed by atoms with Gasteiger partial charge in [-0.2, -0.15) is 21.9 Å². The van der Waals surface area contributed by atoms with Crippen LogP contribution in [0, 0.1) is 0 Å². The number of rotatable bonds is 7.